The summed E-state index contributed by atoms with van der Waals surface area (Å²) in [5.74, 6) is 0. The molecule has 0 bridgehead atoms. The first-order chi connectivity index (χ1) is 9.20. The largest absolute Gasteiger partial charge is 0.388 e. The Morgan fingerprint density at radius 3 is 2.74 bits per heavy atom. The minimum absolute atomic E-state index is 0.112. The van der Waals surface area contributed by atoms with Crippen molar-refractivity contribution in [3.8, 4) is 0 Å². The van der Waals surface area contributed by atoms with Crippen LogP contribution in [0.5, 0.6) is 0 Å². The molecule has 0 aromatic heterocycles. The zero-order valence-corrected chi connectivity index (χ0v) is 11.2. The van der Waals surface area contributed by atoms with Crippen molar-refractivity contribution < 1.29 is 9.66 Å². The Hall–Kier alpha value is -1.62. The molecule has 5 heteroatoms. The van der Waals surface area contributed by atoms with E-state index in [0.29, 0.717) is 12.7 Å². The highest BCUT2D eigenvalue weighted by molar-refractivity contribution is 5.55. The quantitative estimate of drug-likeness (QED) is 0.653. The van der Waals surface area contributed by atoms with E-state index in [4.69, 9.17) is 4.74 Å². The lowest BCUT2D eigenvalue weighted by atomic mass is 9.98. The molecule has 0 atom stereocenters. The third-order valence-electron chi connectivity index (χ3n) is 3.60. The lowest BCUT2D eigenvalue weighted by Crippen LogP contribution is -2.16. The standard InChI is InChI=1S/C14H20N2O3/c1-15-14-8-7-12(16(17)18)9-11(14)10-19-13-5-3-2-4-6-13/h7-9,13,15H,2-6,10H2,1H3. The van der Waals surface area contributed by atoms with E-state index in [9.17, 15) is 10.1 Å². The molecule has 1 aromatic carbocycles. The van der Waals surface area contributed by atoms with Crippen molar-refractivity contribution in [3.05, 3.63) is 33.9 Å². The molecule has 1 N–H and O–H groups in total. The molecule has 0 aliphatic heterocycles. The van der Waals surface area contributed by atoms with Gasteiger partial charge in [-0.25, -0.2) is 0 Å². The molecule has 1 saturated carbocycles. The molecule has 1 aliphatic rings. The normalized spacial score (nSPS) is 16.3. The number of ether oxygens (including phenoxy) is 1. The second-order valence-electron chi connectivity index (χ2n) is 4.92. The summed E-state index contributed by atoms with van der Waals surface area (Å²) in [4.78, 5) is 10.4. The first-order valence-corrected chi connectivity index (χ1v) is 6.77. The number of hydrogen-bond donors (Lipinski definition) is 1. The second-order valence-corrected chi connectivity index (χ2v) is 4.92. The van der Waals surface area contributed by atoms with E-state index in [0.717, 1.165) is 24.1 Å². The number of hydrogen-bond acceptors (Lipinski definition) is 4. The number of nitrogens with zero attached hydrogens (tertiary/aromatic N) is 1. The van der Waals surface area contributed by atoms with Crippen LogP contribution < -0.4 is 5.32 Å². The number of nitro benzene ring substituents is 1. The Bertz CT molecular complexity index is 442. The maximum absolute atomic E-state index is 10.8. The molecule has 0 radical (unpaired) electrons. The van der Waals surface area contributed by atoms with Crippen LogP contribution >= 0.6 is 0 Å². The molecule has 1 fully saturated rings. The Balaban J connectivity index is 2.04. The van der Waals surface area contributed by atoms with Gasteiger partial charge in [-0.1, -0.05) is 19.3 Å². The molecule has 0 heterocycles. The van der Waals surface area contributed by atoms with Crippen molar-refractivity contribution in [2.75, 3.05) is 12.4 Å². The fraction of sp³-hybridized carbons (Fsp3) is 0.571. The van der Waals surface area contributed by atoms with Crippen molar-refractivity contribution >= 4 is 11.4 Å². The van der Waals surface area contributed by atoms with Gasteiger partial charge in [0.15, 0.2) is 0 Å². The van der Waals surface area contributed by atoms with Gasteiger partial charge in [-0.2, -0.15) is 0 Å². The van der Waals surface area contributed by atoms with Crippen molar-refractivity contribution in [1.29, 1.82) is 0 Å². The average molecular weight is 264 g/mol. The van der Waals surface area contributed by atoms with Crippen molar-refractivity contribution in [2.45, 2.75) is 44.8 Å². The molecule has 0 spiro atoms. The number of nitrogens with one attached hydrogen (secondary N) is 1. The molecule has 104 valence electrons. The highest BCUT2D eigenvalue weighted by Crippen LogP contribution is 2.25. The third-order valence-corrected chi connectivity index (χ3v) is 3.60. The molecule has 2 rings (SSSR count). The van der Waals surface area contributed by atoms with Gasteiger partial charge in [-0.3, -0.25) is 10.1 Å². The maximum Gasteiger partial charge on any atom is 0.269 e. The molecule has 1 aromatic rings. The first-order valence-electron chi connectivity index (χ1n) is 6.77. The van der Waals surface area contributed by atoms with Gasteiger partial charge in [-0.15, -0.1) is 0 Å². The molecular weight excluding hydrogens is 244 g/mol. The van der Waals surface area contributed by atoms with Crippen LogP contribution in [0.25, 0.3) is 0 Å². The van der Waals surface area contributed by atoms with Crippen LogP contribution in [-0.4, -0.2) is 18.1 Å². The maximum atomic E-state index is 10.8. The minimum Gasteiger partial charge on any atom is -0.388 e. The highest BCUT2D eigenvalue weighted by Gasteiger charge is 2.16. The molecule has 19 heavy (non-hydrogen) atoms. The highest BCUT2D eigenvalue weighted by atomic mass is 16.6. The summed E-state index contributed by atoms with van der Waals surface area (Å²) in [5, 5.41) is 13.8. The summed E-state index contributed by atoms with van der Waals surface area (Å²) in [7, 11) is 1.81. The van der Waals surface area contributed by atoms with E-state index >= 15 is 0 Å². The van der Waals surface area contributed by atoms with Crippen LogP contribution in [-0.2, 0) is 11.3 Å². The molecule has 1 aliphatic carbocycles. The van der Waals surface area contributed by atoms with Gasteiger partial charge in [0, 0.05) is 30.4 Å². The van der Waals surface area contributed by atoms with Crippen LogP contribution in [0.3, 0.4) is 0 Å². The Labute approximate surface area is 113 Å². The molecular formula is C14H20N2O3. The van der Waals surface area contributed by atoms with E-state index in [1.165, 1.54) is 25.3 Å². The lowest BCUT2D eigenvalue weighted by molar-refractivity contribution is -0.384. The Kier molecular flexibility index (Phi) is 4.74. The summed E-state index contributed by atoms with van der Waals surface area (Å²) in [6, 6.07) is 4.84. The van der Waals surface area contributed by atoms with Gasteiger partial charge in [-0.05, 0) is 18.9 Å². The number of nitro groups is 1. The van der Waals surface area contributed by atoms with Gasteiger partial charge >= 0.3 is 0 Å². The average Bonchev–Trinajstić information content (AvgIpc) is 2.45. The van der Waals surface area contributed by atoms with E-state index < -0.39 is 0 Å². The Morgan fingerprint density at radius 2 is 2.11 bits per heavy atom. The first kappa shape index (κ1) is 13.8. The van der Waals surface area contributed by atoms with E-state index in [1.54, 1.807) is 12.1 Å². The van der Waals surface area contributed by atoms with Crippen LogP contribution in [0, 0.1) is 10.1 Å². The fourth-order valence-corrected chi connectivity index (χ4v) is 2.50. The summed E-state index contributed by atoms with van der Waals surface area (Å²) < 4.78 is 5.88. The smallest absolute Gasteiger partial charge is 0.269 e. The Morgan fingerprint density at radius 1 is 1.37 bits per heavy atom. The predicted octanol–water partition coefficient (Wildman–Crippen LogP) is 3.49. The van der Waals surface area contributed by atoms with Crippen LogP contribution in [0.2, 0.25) is 0 Å². The number of benzene rings is 1. The van der Waals surface area contributed by atoms with E-state index in [1.807, 2.05) is 7.05 Å². The molecule has 0 unspecified atom stereocenters. The fourth-order valence-electron chi connectivity index (χ4n) is 2.50. The van der Waals surface area contributed by atoms with Crippen LogP contribution in [0.4, 0.5) is 11.4 Å². The molecule has 0 saturated heterocycles. The molecule has 0 amide bonds. The monoisotopic (exact) mass is 264 g/mol. The summed E-state index contributed by atoms with van der Waals surface area (Å²) in [6.07, 6.45) is 6.24. The zero-order valence-electron chi connectivity index (χ0n) is 11.2. The van der Waals surface area contributed by atoms with Gasteiger partial charge in [0.25, 0.3) is 5.69 Å². The van der Waals surface area contributed by atoms with Gasteiger partial charge in [0.1, 0.15) is 0 Å². The van der Waals surface area contributed by atoms with Gasteiger partial charge in [0.2, 0.25) is 0 Å². The SMILES string of the molecule is CNc1ccc([N+](=O)[O-])cc1COC1CCCCC1. The van der Waals surface area contributed by atoms with Crippen molar-refractivity contribution in [2.24, 2.45) is 0 Å². The van der Waals surface area contributed by atoms with E-state index in [-0.39, 0.29) is 10.6 Å². The lowest BCUT2D eigenvalue weighted by Gasteiger charge is -2.22. The number of rotatable bonds is 5. The minimum atomic E-state index is -0.371. The summed E-state index contributed by atoms with van der Waals surface area (Å²) in [5.41, 5.74) is 1.85. The third kappa shape index (κ3) is 3.67. The number of non-ortho nitro benzene ring substituents is 1. The molecule has 5 nitrogen and oxygen atoms in total. The summed E-state index contributed by atoms with van der Waals surface area (Å²) >= 11 is 0. The van der Waals surface area contributed by atoms with Crippen molar-refractivity contribution in [1.82, 2.24) is 0 Å². The van der Waals surface area contributed by atoms with Crippen molar-refractivity contribution in [3.63, 3.8) is 0 Å². The van der Waals surface area contributed by atoms with Gasteiger partial charge in [0.05, 0.1) is 17.6 Å². The topological polar surface area (TPSA) is 64.4 Å². The van der Waals surface area contributed by atoms with Gasteiger partial charge < -0.3 is 10.1 Å². The van der Waals surface area contributed by atoms with Crippen LogP contribution in [0.15, 0.2) is 18.2 Å². The summed E-state index contributed by atoms with van der Waals surface area (Å²) in [6.45, 7) is 0.433. The predicted molar refractivity (Wildman–Crippen MR) is 74.3 cm³/mol. The van der Waals surface area contributed by atoms with Crippen LogP contribution in [0.1, 0.15) is 37.7 Å². The number of anilines is 1. The van der Waals surface area contributed by atoms with E-state index in [2.05, 4.69) is 5.32 Å². The second kappa shape index (κ2) is 6.52. The zero-order chi connectivity index (χ0) is 13.7.